The number of ketones is 1. The van der Waals surface area contributed by atoms with E-state index in [0.717, 1.165) is 0 Å². The first-order valence-corrected chi connectivity index (χ1v) is 6.56. The molecule has 7 heteroatoms. The summed E-state index contributed by atoms with van der Waals surface area (Å²) in [6.45, 7) is 0.414. The number of aromatic nitrogens is 2. The predicted octanol–water partition coefficient (Wildman–Crippen LogP) is 0.147. The average molecular weight is 300 g/mol. The summed E-state index contributed by atoms with van der Waals surface area (Å²) in [7, 11) is 0. The number of hydrogen-bond donors (Lipinski definition) is 2. The number of carbonyl (C=O) groups excluding carboxylic acids is 1. The van der Waals surface area contributed by atoms with E-state index in [1.165, 1.54) is 12.4 Å². The molecule has 0 aromatic carbocycles. The lowest BCUT2D eigenvalue weighted by Crippen LogP contribution is -2.45. The maximum atomic E-state index is 12.1. The van der Waals surface area contributed by atoms with Crippen LogP contribution < -0.4 is 9.13 Å². The molecule has 0 fully saturated rings. The van der Waals surface area contributed by atoms with Gasteiger partial charge in [0.2, 0.25) is 13.1 Å². The van der Waals surface area contributed by atoms with Gasteiger partial charge in [0.15, 0.2) is 24.8 Å². The van der Waals surface area contributed by atoms with E-state index in [0.29, 0.717) is 11.1 Å². The van der Waals surface area contributed by atoms with Crippen LogP contribution in [0.1, 0.15) is 11.1 Å². The van der Waals surface area contributed by atoms with Gasteiger partial charge in [0, 0.05) is 12.1 Å². The van der Waals surface area contributed by atoms with Crippen LogP contribution >= 0.6 is 0 Å². The number of pyridine rings is 2. The van der Waals surface area contributed by atoms with Crippen LogP contribution in [0.15, 0.2) is 59.4 Å². The predicted molar refractivity (Wildman–Crippen MR) is 77.0 cm³/mol. The van der Waals surface area contributed by atoms with Crippen LogP contribution in [0.25, 0.3) is 0 Å². The molecule has 7 nitrogen and oxygen atoms in total. The zero-order valence-electron chi connectivity index (χ0n) is 11.8. The first-order valence-electron chi connectivity index (χ1n) is 6.56. The Bertz CT molecular complexity index is 654. The fourth-order valence-electron chi connectivity index (χ4n) is 2.02. The molecule has 0 aliphatic heterocycles. The zero-order valence-corrected chi connectivity index (χ0v) is 11.8. The van der Waals surface area contributed by atoms with Gasteiger partial charge in [0.25, 0.3) is 5.78 Å². The first kappa shape index (κ1) is 15.3. The highest BCUT2D eigenvalue weighted by Gasteiger charge is 2.15. The van der Waals surface area contributed by atoms with E-state index >= 15 is 0 Å². The van der Waals surface area contributed by atoms with Crippen molar-refractivity contribution < 1.29 is 24.3 Å². The summed E-state index contributed by atoms with van der Waals surface area (Å²) in [6.07, 6.45) is 9.58. The van der Waals surface area contributed by atoms with E-state index in [1.54, 1.807) is 58.2 Å². The van der Waals surface area contributed by atoms with Crippen molar-refractivity contribution in [1.29, 1.82) is 0 Å². The van der Waals surface area contributed by atoms with Gasteiger partial charge >= 0.3 is 0 Å². The molecular weight excluding hydrogens is 284 g/mol. The van der Waals surface area contributed by atoms with Gasteiger partial charge in [-0.1, -0.05) is 10.3 Å². The monoisotopic (exact) mass is 300 g/mol. The highest BCUT2D eigenvalue weighted by Crippen LogP contribution is 1.91. The standard InChI is InChI=1S/C15H14N4O3/c20-15(11-18-5-1-3-13(9-18)7-16-21)12-19-6-2-4-14(10-19)8-17-22/h1-10H,11-12H2/p+2/b16-7+,17-8+. The van der Waals surface area contributed by atoms with Crippen LogP contribution in [-0.2, 0) is 17.9 Å². The molecule has 0 aliphatic rings. The zero-order chi connectivity index (χ0) is 15.8. The summed E-state index contributed by atoms with van der Waals surface area (Å²) >= 11 is 0. The maximum Gasteiger partial charge on any atom is 0.261 e. The molecule has 22 heavy (non-hydrogen) atoms. The Balaban J connectivity index is 2.03. The van der Waals surface area contributed by atoms with Crippen molar-refractivity contribution in [2.75, 3.05) is 0 Å². The summed E-state index contributed by atoms with van der Waals surface area (Å²) < 4.78 is 3.44. The highest BCUT2D eigenvalue weighted by atomic mass is 16.4. The van der Waals surface area contributed by atoms with Gasteiger partial charge in [-0.3, -0.25) is 4.79 Å². The van der Waals surface area contributed by atoms with Gasteiger partial charge in [-0.05, 0) is 12.1 Å². The molecule has 2 rings (SSSR count). The van der Waals surface area contributed by atoms with E-state index in [1.807, 2.05) is 0 Å². The molecule has 0 amide bonds. The van der Waals surface area contributed by atoms with Crippen LogP contribution in [0.2, 0.25) is 0 Å². The highest BCUT2D eigenvalue weighted by molar-refractivity contribution is 5.79. The largest absolute Gasteiger partial charge is 0.411 e. The van der Waals surface area contributed by atoms with E-state index < -0.39 is 0 Å². The van der Waals surface area contributed by atoms with Crippen LogP contribution in [0.4, 0.5) is 0 Å². The van der Waals surface area contributed by atoms with E-state index in [4.69, 9.17) is 10.4 Å². The summed E-state index contributed by atoms with van der Waals surface area (Å²) in [6, 6.07) is 7.09. The number of hydrogen-bond acceptors (Lipinski definition) is 5. The molecule has 112 valence electrons. The Morgan fingerprint density at radius 3 is 1.82 bits per heavy atom. The number of carbonyl (C=O) groups is 1. The molecule has 2 aromatic rings. The molecule has 0 saturated carbocycles. The summed E-state index contributed by atoms with van der Waals surface area (Å²) in [5.74, 6) is 0.00572. The molecule has 2 N–H and O–H groups in total. The third-order valence-electron chi connectivity index (χ3n) is 2.89. The molecule has 2 aromatic heterocycles. The van der Waals surface area contributed by atoms with Crippen LogP contribution in [0.3, 0.4) is 0 Å². The summed E-state index contributed by atoms with van der Waals surface area (Å²) in [5.41, 5.74) is 1.40. The van der Waals surface area contributed by atoms with Crippen molar-refractivity contribution >= 4 is 18.2 Å². The molecular formula is C15H16N4O3+2. The number of oxime groups is 2. The van der Waals surface area contributed by atoms with Gasteiger partial charge in [0.1, 0.15) is 0 Å². The lowest BCUT2D eigenvalue weighted by molar-refractivity contribution is -0.702. The van der Waals surface area contributed by atoms with Crippen LogP contribution in [-0.4, -0.2) is 28.6 Å². The topological polar surface area (TPSA) is 90.0 Å². The molecule has 0 saturated heterocycles. The minimum absolute atomic E-state index is 0.00572. The van der Waals surface area contributed by atoms with Gasteiger partial charge in [0.05, 0.1) is 23.6 Å². The molecule has 2 heterocycles. The molecule has 0 spiro atoms. The van der Waals surface area contributed by atoms with Crippen molar-refractivity contribution in [2.45, 2.75) is 13.1 Å². The van der Waals surface area contributed by atoms with Crippen molar-refractivity contribution in [3.05, 3.63) is 60.2 Å². The van der Waals surface area contributed by atoms with Crippen molar-refractivity contribution in [3.63, 3.8) is 0 Å². The molecule has 0 atom stereocenters. The Morgan fingerprint density at radius 2 is 1.41 bits per heavy atom. The molecule has 0 bridgehead atoms. The molecule has 0 unspecified atom stereocenters. The minimum atomic E-state index is 0.00572. The average Bonchev–Trinajstić information content (AvgIpc) is 2.48. The van der Waals surface area contributed by atoms with Crippen molar-refractivity contribution in [1.82, 2.24) is 0 Å². The van der Waals surface area contributed by atoms with E-state index in [2.05, 4.69) is 10.3 Å². The first-order chi connectivity index (χ1) is 10.7. The Morgan fingerprint density at radius 1 is 0.955 bits per heavy atom. The molecule has 0 aliphatic carbocycles. The fraction of sp³-hybridized carbons (Fsp3) is 0.133. The quantitative estimate of drug-likeness (QED) is 0.344. The Kier molecular flexibility index (Phi) is 5.31. The van der Waals surface area contributed by atoms with E-state index in [9.17, 15) is 4.79 Å². The fourth-order valence-corrected chi connectivity index (χ4v) is 2.02. The second-order valence-corrected chi connectivity index (χ2v) is 4.65. The Labute approximate surface area is 127 Å². The third kappa shape index (κ3) is 4.48. The second kappa shape index (κ2) is 7.63. The Hall–Kier alpha value is -3.09. The van der Waals surface area contributed by atoms with Crippen LogP contribution in [0.5, 0.6) is 0 Å². The van der Waals surface area contributed by atoms with E-state index in [-0.39, 0.29) is 18.9 Å². The number of Topliss-reactive ketones (excluding diaryl/α,β-unsaturated/α-hetero) is 1. The van der Waals surface area contributed by atoms with Gasteiger partial charge in [-0.2, -0.15) is 9.13 Å². The summed E-state index contributed by atoms with van der Waals surface area (Å²) in [5, 5.41) is 23.0. The summed E-state index contributed by atoms with van der Waals surface area (Å²) in [4.78, 5) is 12.1. The lowest BCUT2D eigenvalue weighted by Gasteiger charge is -1.97. The number of rotatable bonds is 6. The van der Waals surface area contributed by atoms with Crippen LogP contribution in [0, 0.1) is 0 Å². The van der Waals surface area contributed by atoms with Gasteiger partial charge in [-0.25, -0.2) is 0 Å². The minimum Gasteiger partial charge on any atom is -0.411 e. The lowest BCUT2D eigenvalue weighted by atomic mass is 10.3. The van der Waals surface area contributed by atoms with Gasteiger partial charge < -0.3 is 10.4 Å². The normalized spacial score (nSPS) is 11.3. The second-order valence-electron chi connectivity index (χ2n) is 4.65. The third-order valence-corrected chi connectivity index (χ3v) is 2.89. The van der Waals surface area contributed by atoms with Gasteiger partial charge in [-0.15, -0.1) is 0 Å². The smallest absolute Gasteiger partial charge is 0.261 e. The van der Waals surface area contributed by atoms with Crippen molar-refractivity contribution in [2.24, 2.45) is 10.3 Å². The molecule has 0 radical (unpaired) electrons. The van der Waals surface area contributed by atoms with Crippen molar-refractivity contribution in [3.8, 4) is 0 Å². The SMILES string of the molecule is O=C(C[n+]1cccc(/C=N/O)c1)C[n+]1cccc(/C=N/O)c1. The number of nitrogens with zero attached hydrogens (tertiary/aromatic N) is 4. The maximum absolute atomic E-state index is 12.1.